The van der Waals surface area contributed by atoms with Gasteiger partial charge in [-0.05, 0) is 34.1 Å². The van der Waals surface area contributed by atoms with Crippen LogP contribution in [0.5, 0.6) is 5.75 Å². The standard InChI is InChI=1S/C15H13BrN2OS/c16-11-7-14(20-9-11)13(8-17)19-12-5-1-3-10-4-2-6-18-15(10)12/h1-7,9,13H,8,17H2. The lowest BCUT2D eigenvalue weighted by molar-refractivity contribution is 0.220. The molecule has 0 saturated carbocycles. The van der Waals surface area contributed by atoms with Crippen molar-refractivity contribution in [2.24, 2.45) is 5.73 Å². The van der Waals surface area contributed by atoms with Crippen molar-refractivity contribution in [3.63, 3.8) is 0 Å². The van der Waals surface area contributed by atoms with Crippen LogP contribution in [0.15, 0.2) is 52.4 Å². The molecule has 2 heterocycles. The topological polar surface area (TPSA) is 48.1 Å². The number of ether oxygens (including phenoxy) is 1. The van der Waals surface area contributed by atoms with E-state index in [1.807, 2.05) is 41.8 Å². The second-order valence-electron chi connectivity index (χ2n) is 4.34. The summed E-state index contributed by atoms with van der Waals surface area (Å²) in [5.74, 6) is 0.767. The lowest BCUT2D eigenvalue weighted by Crippen LogP contribution is -2.17. The van der Waals surface area contributed by atoms with E-state index in [1.165, 1.54) is 0 Å². The summed E-state index contributed by atoms with van der Waals surface area (Å²) in [7, 11) is 0. The molecule has 0 amide bonds. The van der Waals surface area contributed by atoms with Crippen LogP contribution in [0.25, 0.3) is 10.9 Å². The van der Waals surface area contributed by atoms with Gasteiger partial charge < -0.3 is 10.5 Å². The van der Waals surface area contributed by atoms with Gasteiger partial charge in [-0.3, -0.25) is 4.98 Å². The van der Waals surface area contributed by atoms with E-state index in [-0.39, 0.29) is 6.10 Å². The summed E-state index contributed by atoms with van der Waals surface area (Å²) in [5.41, 5.74) is 6.72. The van der Waals surface area contributed by atoms with E-state index in [0.717, 1.165) is 26.0 Å². The molecule has 0 saturated heterocycles. The SMILES string of the molecule is NCC(Oc1cccc2cccnc12)c1cc(Br)cs1. The Morgan fingerprint density at radius 1 is 1.30 bits per heavy atom. The van der Waals surface area contributed by atoms with E-state index < -0.39 is 0 Å². The quantitative estimate of drug-likeness (QED) is 0.770. The Morgan fingerprint density at radius 2 is 2.15 bits per heavy atom. The fourth-order valence-electron chi connectivity index (χ4n) is 2.04. The molecule has 0 radical (unpaired) electrons. The monoisotopic (exact) mass is 348 g/mol. The van der Waals surface area contributed by atoms with E-state index in [0.29, 0.717) is 6.54 Å². The number of benzene rings is 1. The average molecular weight is 349 g/mol. The molecule has 1 atom stereocenters. The van der Waals surface area contributed by atoms with Crippen molar-refractivity contribution in [2.45, 2.75) is 6.10 Å². The Hall–Kier alpha value is -1.43. The maximum Gasteiger partial charge on any atom is 0.146 e. The van der Waals surface area contributed by atoms with Crippen LogP contribution in [0.2, 0.25) is 0 Å². The second-order valence-corrected chi connectivity index (χ2v) is 6.20. The Labute approximate surface area is 129 Å². The van der Waals surface area contributed by atoms with Crippen molar-refractivity contribution >= 4 is 38.2 Å². The average Bonchev–Trinajstić information content (AvgIpc) is 2.91. The molecule has 0 fully saturated rings. The van der Waals surface area contributed by atoms with Crippen LogP contribution in [0.1, 0.15) is 11.0 Å². The van der Waals surface area contributed by atoms with Crippen molar-refractivity contribution in [1.82, 2.24) is 4.98 Å². The molecule has 3 aromatic rings. The van der Waals surface area contributed by atoms with Crippen molar-refractivity contribution in [3.8, 4) is 5.75 Å². The zero-order valence-electron chi connectivity index (χ0n) is 10.6. The molecule has 0 spiro atoms. The Balaban J connectivity index is 1.95. The lowest BCUT2D eigenvalue weighted by atomic mass is 10.2. The maximum atomic E-state index is 6.08. The van der Waals surface area contributed by atoms with Crippen molar-refractivity contribution in [3.05, 3.63) is 57.3 Å². The minimum absolute atomic E-state index is 0.154. The Kier molecular flexibility index (Phi) is 4.00. The summed E-state index contributed by atoms with van der Waals surface area (Å²) in [6, 6.07) is 11.9. The highest BCUT2D eigenvalue weighted by Gasteiger charge is 2.15. The van der Waals surface area contributed by atoms with Crippen LogP contribution in [0.3, 0.4) is 0 Å². The van der Waals surface area contributed by atoms with Crippen LogP contribution in [-0.2, 0) is 0 Å². The molecule has 2 aromatic heterocycles. The van der Waals surface area contributed by atoms with Crippen LogP contribution in [0, 0.1) is 0 Å². The molecule has 1 unspecified atom stereocenters. The fourth-order valence-corrected chi connectivity index (χ4v) is 3.53. The highest BCUT2D eigenvalue weighted by atomic mass is 79.9. The highest BCUT2D eigenvalue weighted by molar-refractivity contribution is 9.10. The van der Waals surface area contributed by atoms with E-state index in [2.05, 4.69) is 20.9 Å². The summed E-state index contributed by atoms with van der Waals surface area (Å²) in [5, 5.41) is 3.09. The minimum Gasteiger partial charge on any atom is -0.481 e. The number of fused-ring (bicyclic) bond motifs is 1. The van der Waals surface area contributed by atoms with Crippen LogP contribution in [0.4, 0.5) is 0 Å². The third kappa shape index (κ3) is 2.70. The second kappa shape index (κ2) is 5.91. The first-order chi connectivity index (χ1) is 9.78. The molecular weight excluding hydrogens is 336 g/mol. The summed E-state index contributed by atoms with van der Waals surface area (Å²) in [6.45, 7) is 0.427. The van der Waals surface area contributed by atoms with Crippen LogP contribution < -0.4 is 10.5 Å². The summed E-state index contributed by atoms with van der Waals surface area (Å²) < 4.78 is 7.13. The number of pyridine rings is 1. The molecule has 102 valence electrons. The Bertz CT molecular complexity index is 723. The number of para-hydroxylation sites is 1. The van der Waals surface area contributed by atoms with Crippen molar-refractivity contribution in [2.75, 3.05) is 6.54 Å². The number of nitrogens with zero attached hydrogens (tertiary/aromatic N) is 1. The molecule has 0 aliphatic carbocycles. The number of halogens is 1. The van der Waals surface area contributed by atoms with Gasteiger partial charge in [-0.1, -0.05) is 18.2 Å². The van der Waals surface area contributed by atoms with E-state index in [9.17, 15) is 0 Å². The summed E-state index contributed by atoms with van der Waals surface area (Å²) in [6.07, 6.45) is 1.62. The Morgan fingerprint density at radius 3 is 2.90 bits per heavy atom. The minimum atomic E-state index is -0.154. The summed E-state index contributed by atoms with van der Waals surface area (Å²) >= 11 is 5.09. The molecule has 3 nitrogen and oxygen atoms in total. The molecule has 1 aromatic carbocycles. The van der Waals surface area contributed by atoms with Crippen molar-refractivity contribution in [1.29, 1.82) is 0 Å². The molecule has 0 bridgehead atoms. The van der Waals surface area contributed by atoms with Gasteiger partial charge in [0.2, 0.25) is 0 Å². The van der Waals surface area contributed by atoms with Gasteiger partial charge in [-0.2, -0.15) is 0 Å². The van der Waals surface area contributed by atoms with Gasteiger partial charge in [0.25, 0.3) is 0 Å². The van der Waals surface area contributed by atoms with Gasteiger partial charge in [0.15, 0.2) is 0 Å². The van der Waals surface area contributed by atoms with Gasteiger partial charge in [0.05, 0.1) is 0 Å². The lowest BCUT2D eigenvalue weighted by Gasteiger charge is -2.17. The molecule has 3 rings (SSSR count). The molecule has 2 N–H and O–H groups in total. The van der Waals surface area contributed by atoms with Gasteiger partial charge in [-0.25, -0.2) is 0 Å². The van der Waals surface area contributed by atoms with Gasteiger partial charge >= 0.3 is 0 Å². The van der Waals surface area contributed by atoms with Gasteiger partial charge in [0.1, 0.15) is 17.4 Å². The van der Waals surface area contributed by atoms with Crippen molar-refractivity contribution < 1.29 is 4.74 Å². The molecule has 0 aliphatic rings. The highest BCUT2D eigenvalue weighted by Crippen LogP contribution is 2.31. The number of thiophene rings is 1. The first kappa shape index (κ1) is 13.5. The maximum absolute atomic E-state index is 6.08. The number of hydrogen-bond acceptors (Lipinski definition) is 4. The molecule has 0 aliphatic heterocycles. The van der Waals surface area contributed by atoms with E-state index >= 15 is 0 Å². The zero-order chi connectivity index (χ0) is 13.9. The predicted octanol–water partition coefficient (Wildman–Crippen LogP) is 4.14. The summed E-state index contributed by atoms with van der Waals surface area (Å²) in [4.78, 5) is 5.50. The first-order valence-electron chi connectivity index (χ1n) is 6.22. The number of rotatable bonds is 4. The number of nitrogens with two attached hydrogens (primary N) is 1. The third-order valence-corrected chi connectivity index (χ3v) is 4.77. The third-order valence-electron chi connectivity index (χ3n) is 2.98. The largest absolute Gasteiger partial charge is 0.481 e. The fraction of sp³-hybridized carbons (Fsp3) is 0.133. The molecular formula is C15H13BrN2OS. The van der Waals surface area contributed by atoms with Gasteiger partial charge in [0, 0.05) is 32.9 Å². The van der Waals surface area contributed by atoms with Crippen LogP contribution in [-0.4, -0.2) is 11.5 Å². The van der Waals surface area contributed by atoms with Gasteiger partial charge in [-0.15, -0.1) is 11.3 Å². The zero-order valence-corrected chi connectivity index (χ0v) is 13.0. The van der Waals surface area contributed by atoms with Crippen LogP contribution >= 0.6 is 27.3 Å². The van der Waals surface area contributed by atoms with E-state index in [1.54, 1.807) is 17.5 Å². The first-order valence-corrected chi connectivity index (χ1v) is 7.89. The predicted molar refractivity (Wildman–Crippen MR) is 86.2 cm³/mol. The smallest absolute Gasteiger partial charge is 0.146 e. The molecule has 20 heavy (non-hydrogen) atoms. The molecule has 5 heteroatoms. The number of aromatic nitrogens is 1. The van der Waals surface area contributed by atoms with E-state index in [4.69, 9.17) is 10.5 Å². The normalized spacial score (nSPS) is 12.5. The number of hydrogen-bond donors (Lipinski definition) is 1.